The van der Waals surface area contributed by atoms with Crippen LogP contribution in [0.4, 0.5) is 0 Å². The highest BCUT2D eigenvalue weighted by atomic mass is 16.5. The summed E-state index contributed by atoms with van der Waals surface area (Å²) in [4.78, 5) is 11.6. The van der Waals surface area contributed by atoms with Crippen LogP contribution in [-0.2, 0) is 11.2 Å². The van der Waals surface area contributed by atoms with Gasteiger partial charge in [0, 0.05) is 6.04 Å². The van der Waals surface area contributed by atoms with Crippen LogP contribution in [0.25, 0.3) is 0 Å². The number of methoxy groups -OCH3 is 1. The average molecular weight is 327 g/mol. The number of hydrogen-bond donors (Lipinski definition) is 2. The summed E-state index contributed by atoms with van der Waals surface area (Å²) in [6.45, 7) is 4.12. The van der Waals surface area contributed by atoms with E-state index in [-0.39, 0.29) is 12.0 Å². The quantitative estimate of drug-likeness (QED) is 0.779. The monoisotopic (exact) mass is 327 g/mol. The fourth-order valence-electron chi connectivity index (χ4n) is 2.73. The lowest BCUT2D eigenvalue weighted by atomic mass is 9.93. The molecule has 24 heavy (non-hydrogen) atoms. The molecular formula is C20H25NO3. The predicted molar refractivity (Wildman–Crippen MR) is 95.6 cm³/mol. The summed E-state index contributed by atoms with van der Waals surface area (Å²) < 4.78 is 5.18. The Labute approximate surface area is 143 Å². The van der Waals surface area contributed by atoms with Crippen LogP contribution in [0.1, 0.15) is 30.9 Å². The van der Waals surface area contributed by atoms with Crippen LogP contribution < -0.4 is 10.1 Å². The molecule has 4 nitrogen and oxygen atoms in total. The van der Waals surface area contributed by atoms with E-state index in [1.54, 1.807) is 7.11 Å². The van der Waals surface area contributed by atoms with Gasteiger partial charge in [0.2, 0.25) is 0 Å². The molecule has 0 aliphatic carbocycles. The highest BCUT2D eigenvalue weighted by Crippen LogP contribution is 2.22. The molecule has 2 N–H and O–H groups in total. The van der Waals surface area contributed by atoms with Gasteiger partial charge < -0.3 is 15.2 Å². The summed E-state index contributed by atoms with van der Waals surface area (Å²) in [7, 11) is 1.64. The Balaban J connectivity index is 2.03. The van der Waals surface area contributed by atoms with Crippen LogP contribution in [0.15, 0.2) is 54.6 Å². The highest BCUT2D eigenvalue weighted by molar-refractivity contribution is 5.74. The van der Waals surface area contributed by atoms with E-state index >= 15 is 0 Å². The summed E-state index contributed by atoms with van der Waals surface area (Å²) in [6.07, 6.45) is 0.468. The largest absolute Gasteiger partial charge is 0.497 e. The van der Waals surface area contributed by atoms with Crippen LogP contribution in [0.5, 0.6) is 5.75 Å². The molecule has 128 valence electrons. The molecule has 0 amide bonds. The number of benzene rings is 2. The molecule has 0 saturated heterocycles. The molecule has 0 aliphatic heterocycles. The molecule has 2 aromatic carbocycles. The van der Waals surface area contributed by atoms with Crippen molar-refractivity contribution in [2.45, 2.75) is 38.3 Å². The van der Waals surface area contributed by atoms with Gasteiger partial charge in [-0.2, -0.15) is 0 Å². The first-order chi connectivity index (χ1) is 11.5. The van der Waals surface area contributed by atoms with Crippen molar-refractivity contribution in [1.82, 2.24) is 5.32 Å². The Hall–Kier alpha value is -2.33. The Kier molecular flexibility index (Phi) is 6.38. The van der Waals surface area contributed by atoms with E-state index in [4.69, 9.17) is 4.74 Å². The molecule has 0 fully saturated rings. The SMILES string of the molecule is COc1ccc(C(C)C(C)N[C@H](Cc2ccccc2)C(=O)O)cc1. The lowest BCUT2D eigenvalue weighted by Crippen LogP contribution is -2.45. The van der Waals surface area contributed by atoms with Crippen LogP contribution in [-0.4, -0.2) is 30.3 Å². The molecule has 3 atom stereocenters. The molecular weight excluding hydrogens is 302 g/mol. The van der Waals surface area contributed by atoms with E-state index in [9.17, 15) is 9.90 Å². The summed E-state index contributed by atoms with van der Waals surface area (Å²) in [5.41, 5.74) is 2.17. The number of hydrogen-bond acceptors (Lipinski definition) is 3. The summed E-state index contributed by atoms with van der Waals surface area (Å²) in [5.74, 6) is 0.181. The molecule has 2 rings (SSSR count). The highest BCUT2D eigenvalue weighted by Gasteiger charge is 2.23. The number of aliphatic carboxylic acids is 1. The zero-order valence-electron chi connectivity index (χ0n) is 14.4. The van der Waals surface area contributed by atoms with E-state index in [2.05, 4.69) is 12.2 Å². The molecule has 0 aliphatic rings. The molecule has 2 aromatic rings. The summed E-state index contributed by atoms with van der Waals surface area (Å²) in [6, 6.07) is 17.0. The van der Waals surface area contributed by atoms with Crippen molar-refractivity contribution < 1.29 is 14.6 Å². The third kappa shape index (κ3) is 4.83. The lowest BCUT2D eigenvalue weighted by molar-refractivity contribution is -0.139. The molecule has 0 aromatic heterocycles. The van der Waals surface area contributed by atoms with E-state index in [0.717, 1.165) is 16.9 Å². The van der Waals surface area contributed by atoms with Crippen LogP contribution in [0.2, 0.25) is 0 Å². The summed E-state index contributed by atoms with van der Waals surface area (Å²) >= 11 is 0. The first-order valence-electron chi connectivity index (χ1n) is 8.18. The lowest BCUT2D eigenvalue weighted by Gasteiger charge is -2.26. The van der Waals surface area contributed by atoms with E-state index in [0.29, 0.717) is 6.42 Å². The maximum absolute atomic E-state index is 11.6. The maximum atomic E-state index is 11.6. The Morgan fingerprint density at radius 2 is 1.71 bits per heavy atom. The molecule has 0 saturated carbocycles. The van der Waals surface area contributed by atoms with Gasteiger partial charge in [-0.3, -0.25) is 4.79 Å². The van der Waals surface area contributed by atoms with Gasteiger partial charge in [-0.25, -0.2) is 0 Å². The van der Waals surface area contributed by atoms with Gasteiger partial charge >= 0.3 is 5.97 Å². The van der Waals surface area contributed by atoms with Gasteiger partial charge in [-0.1, -0.05) is 49.4 Å². The Morgan fingerprint density at radius 3 is 2.25 bits per heavy atom. The van der Waals surface area contributed by atoms with Crippen molar-refractivity contribution in [2.75, 3.05) is 7.11 Å². The van der Waals surface area contributed by atoms with E-state index in [1.165, 1.54) is 0 Å². The Morgan fingerprint density at radius 1 is 1.08 bits per heavy atom. The standard InChI is InChI=1S/C20H25NO3/c1-14(17-9-11-18(24-3)12-10-17)15(2)21-19(20(22)23)13-16-7-5-4-6-8-16/h4-12,14-15,19,21H,13H2,1-3H3,(H,22,23)/t14?,15?,19-/m1/s1. The van der Waals surface area contributed by atoms with Crippen molar-refractivity contribution in [3.63, 3.8) is 0 Å². The topological polar surface area (TPSA) is 58.6 Å². The second kappa shape index (κ2) is 8.50. The number of carbonyl (C=O) groups is 1. The van der Waals surface area contributed by atoms with Gasteiger partial charge in [-0.15, -0.1) is 0 Å². The predicted octanol–water partition coefficient (Wildman–Crippen LogP) is 3.47. The molecule has 4 heteroatoms. The van der Waals surface area contributed by atoms with Crippen molar-refractivity contribution in [3.05, 3.63) is 65.7 Å². The van der Waals surface area contributed by atoms with Crippen LogP contribution in [0.3, 0.4) is 0 Å². The minimum atomic E-state index is -0.826. The molecule has 0 radical (unpaired) electrons. The fraction of sp³-hybridized carbons (Fsp3) is 0.350. The molecule has 0 heterocycles. The van der Waals surface area contributed by atoms with Crippen molar-refractivity contribution in [2.24, 2.45) is 0 Å². The van der Waals surface area contributed by atoms with E-state index in [1.807, 2.05) is 61.5 Å². The minimum absolute atomic E-state index is 0.0307. The van der Waals surface area contributed by atoms with Gasteiger partial charge in [0.25, 0.3) is 0 Å². The second-order valence-electron chi connectivity index (χ2n) is 6.10. The number of carboxylic acids is 1. The van der Waals surface area contributed by atoms with Crippen molar-refractivity contribution in [1.29, 1.82) is 0 Å². The molecule has 0 bridgehead atoms. The number of nitrogens with one attached hydrogen (secondary N) is 1. The third-order valence-electron chi connectivity index (χ3n) is 4.44. The normalized spacial score (nSPS) is 14.6. The van der Waals surface area contributed by atoms with Crippen LogP contribution >= 0.6 is 0 Å². The fourth-order valence-corrected chi connectivity index (χ4v) is 2.73. The van der Waals surface area contributed by atoms with Crippen molar-refractivity contribution in [3.8, 4) is 5.75 Å². The third-order valence-corrected chi connectivity index (χ3v) is 4.44. The maximum Gasteiger partial charge on any atom is 0.321 e. The van der Waals surface area contributed by atoms with Gasteiger partial charge in [-0.05, 0) is 42.5 Å². The number of rotatable bonds is 8. The first-order valence-corrected chi connectivity index (χ1v) is 8.18. The van der Waals surface area contributed by atoms with Crippen molar-refractivity contribution >= 4 is 5.97 Å². The summed E-state index contributed by atoms with van der Waals surface area (Å²) in [5, 5.41) is 12.8. The minimum Gasteiger partial charge on any atom is -0.497 e. The van der Waals surface area contributed by atoms with Gasteiger partial charge in [0.05, 0.1) is 7.11 Å². The second-order valence-corrected chi connectivity index (χ2v) is 6.10. The van der Waals surface area contributed by atoms with E-state index < -0.39 is 12.0 Å². The zero-order valence-corrected chi connectivity index (χ0v) is 14.4. The first kappa shape index (κ1) is 18.0. The van der Waals surface area contributed by atoms with Gasteiger partial charge in [0.1, 0.15) is 11.8 Å². The molecule has 2 unspecified atom stereocenters. The smallest absolute Gasteiger partial charge is 0.321 e. The number of ether oxygens (including phenoxy) is 1. The average Bonchev–Trinajstić information content (AvgIpc) is 2.61. The number of carboxylic acid groups (broad SMARTS) is 1. The Bertz CT molecular complexity index is 640. The van der Waals surface area contributed by atoms with Crippen LogP contribution in [0, 0.1) is 0 Å². The van der Waals surface area contributed by atoms with Gasteiger partial charge in [0.15, 0.2) is 0 Å². The zero-order chi connectivity index (χ0) is 17.5. The molecule has 0 spiro atoms.